The third-order valence-corrected chi connectivity index (χ3v) is 4.68. The molecule has 1 aliphatic carbocycles. The zero-order chi connectivity index (χ0) is 16.8. The zero-order valence-electron chi connectivity index (χ0n) is 14.4. The van der Waals surface area contributed by atoms with Gasteiger partial charge in [-0.05, 0) is 57.6 Å². The number of rotatable bonds is 5. The van der Waals surface area contributed by atoms with Crippen molar-refractivity contribution in [2.45, 2.75) is 58.9 Å². The largest absolute Gasteiger partial charge is 0.352 e. The Morgan fingerprint density at radius 3 is 2.22 bits per heavy atom. The number of carbonyl (C=O) groups excluding carboxylic acids is 2. The maximum Gasteiger partial charge on any atom is 0.251 e. The quantitative estimate of drug-likeness (QED) is 0.877. The molecule has 0 saturated heterocycles. The van der Waals surface area contributed by atoms with E-state index in [1.165, 1.54) is 19.3 Å². The summed E-state index contributed by atoms with van der Waals surface area (Å²) in [7, 11) is 0. The second-order valence-corrected chi connectivity index (χ2v) is 6.75. The molecule has 1 fully saturated rings. The maximum atomic E-state index is 12.1. The molecule has 2 N–H and O–H groups in total. The van der Waals surface area contributed by atoms with E-state index in [4.69, 9.17) is 0 Å². The standard InChI is InChI=1S/C19H28N2O2/c1-4-15-5-7-17(8-6-15)21-18(22)12-20-19(23)16-10-13(2)9-14(3)11-16/h9-11,15,17H,4-8,12H2,1-3H3,(H,20,23)(H,21,22). The minimum atomic E-state index is -0.193. The van der Waals surface area contributed by atoms with Crippen molar-refractivity contribution in [1.82, 2.24) is 10.6 Å². The van der Waals surface area contributed by atoms with Crippen LogP contribution in [0, 0.1) is 19.8 Å². The fourth-order valence-electron chi connectivity index (χ4n) is 3.36. The van der Waals surface area contributed by atoms with Gasteiger partial charge >= 0.3 is 0 Å². The van der Waals surface area contributed by atoms with E-state index in [2.05, 4.69) is 17.6 Å². The van der Waals surface area contributed by atoms with Crippen LogP contribution in [0.1, 0.15) is 60.5 Å². The summed E-state index contributed by atoms with van der Waals surface area (Å²) >= 11 is 0. The van der Waals surface area contributed by atoms with Gasteiger partial charge in [0, 0.05) is 11.6 Å². The molecule has 0 atom stereocenters. The van der Waals surface area contributed by atoms with Gasteiger partial charge in [-0.25, -0.2) is 0 Å². The molecule has 1 aromatic carbocycles. The van der Waals surface area contributed by atoms with E-state index in [0.717, 1.165) is 29.9 Å². The molecule has 0 aliphatic heterocycles. The van der Waals surface area contributed by atoms with E-state index in [1.54, 1.807) is 0 Å². The summed E-state index contributed by atoms with van der Waals surface area (Å²) in [4.78, 5) is 24.1. The van der Waals surface area contributed by atoms with Gasteiger partial charge in [-0.15, -0.1) is 0 Å². The van der Waals surface area contributed by atoms with Crippen molar-refractivity contribution < 1.29 is 9.59 Å². The molecule has 4 heteroatoms. The third kappa shape index (κ3) is 5.38. The normalized spacial score (nSPS) is 20.8. The molecule has 0 heterocycles. The molecule has 0 radical (unpaired) electrons. The lowest BCUT2D eigenvalue weighted by Crippen LogP contribution is -2.43. The lowest BCUT2D eigenvalue weighted by molar-refractivity contribution is -0.121. The van der Waals surface area contributed by atoms with Crippen LogP contribution in [-0.2, 0) is 4.79 Å². The molecule has 126 valence electrons. The van der Waals surface area contributed by atoms with Crippen LogP contribution in [0.25, 0.3) is 0 Å². The fraction of sp³-hybridized carbons (Fsp3) is 0.579. The van der Waals surface area contributed by atoms with Crippen LogP contribution in [0.5, 0.6) is 0 Å². The van der Waals surface area contributed by atoms with Gasteiger partial charge in [0.2, 0.25) is 5.91 Å². The number of benzene rings is 1. The van der Waals surface area contributed by atoms with Crippen molar-refractivity contribution in [3.63, 3.8) is 0 Å². The molecule has 1 saturated carbocycles. The molecule has 2 amide bonds. The second-order valence-electron chi connectivity index (χ2n) is 6.75. The highest BCUT2D eigenvalue weighted by Crippen LogP contribution is 2.26. The van der Waals surface area contributed by atoms with Gasteiger partial charge in [-0.1, -0.05) is 30.5 Å². The highest BCUT2D eigenvalue weighted by molar-refractivity contribution is 5.96. The molecule has 4 nitrogen and oxygen atoms in total. The van der Waals surface area contributed by atoms with E-state index >= 15 is 0 Å². The molecule has 0 bridgehead atoms. The number of hydrogen-bond acceptors (Lipinski definition) is 2. The van der Waals surface area contributed by atoms with Crippen LogP contribution in [0.3, 0.4) is 0 Å². The molecule has 0 spiro atoms. The van der Waals surface area contributed by atoms with Crippen molar-refractivity contribution in [3.8, 4) is 0 Å². The summed E-state index contributed by atoms with van der Waals surface area (Å²) in [5.41, 5.74) is 2.71. The summed E-state index contributed by atoms with van der Waals surface area (Å²) < 4.78 is 0. The average molecular weight is 316 g/mol. The Morgan fingerprint density at radius 2 is 1.65 bits per heavy atom. The number of carbonyl (C=O) groups is 2. The van der Waals surface area contributed by atoms with Crippen LogP contribution < -0.4 is 10.6 Å². The zero-order valence-corrected chi connectivity index (χ0v) is 14.4. The lowest BCUT2D eigenvalue weighted by Gasteiger charge is -2.28. The van der Waals surface area contributed by atoms with Crippen molar-refractivity contribution in [1.29, 1.82) is 0 Å². The predicted octanol–water partition coefficient (Wildman–Crippen LogP) is 3.12. The van der Waals surface area contributed by atoms with Gasteiger partial charge in [0.1, 0.15) is 0 Å². The highest BCUT2D eigenvalue weighted by Gasteiger charge is 2.21. The first-order valence-electron chi connectivity index (χ1n) is 8.63. The summed E-state index contributed by atoms with van der Waals surface area (Å²) in [6, 6.07) is 5.97. The molecular weight excluding hydrogens is 288 g/mol. The van der Waals surface area contributed by atoms with Crippen LogP contribution in [0.2, 0.25) is 0 Å². The van der Waals surface area contributed by atoms with Gasteiger partial charge < -0.3 is 10.6 Å². The van der Waals surface area contributed by atoms with E-state index in [1.807, 2.05) is 32.0 Å². The monoisotopic (exact) mass is 316 g/mol. The number of hydrogen-bond donors (Lipinski definition) is 2. The Bertz CT molecular complexity index is 540. The van der Waals surface area contributed by atoms with Gasteiger partial charge in [-0.3, -0.25) is 9.59 Å². The van der Waals surface area contributed by atoms with Crippen molar-refractivity contribution in [2.75, 3.05) is 6.54 Å². The van der Waals surface area contributed by atoms with Gasteiger partial charge in [0.15, 0.2) is 0 Å². The van der Waals surface area contributed by atoms with Crippen LogP contribution in [-0.4, -0.2) is 24.4 Å². The Morgan fingerprint density at radius 1 is 1.04 bits per heavy atom. The van der Waals surface area contributed by atoms with E-state index in [-0.39, 0.29) is 24.4 Å². The van der Waals surface area contributed by atoms with E-state index in [9.17, 15) is 9.59 Å². The van der Waals surface area contributed by atoms with Crippen molar-refractivity contribution in [3.05, 3.63) is 34.9 Å². The van der Waals surface area contributed by atoms with E-state index < -0.39 is 0 Å². The van der Waals surface area contributed by atoms with Gasteiger partial charge in [0.05, 0.1) is 6.54 Å². The lowest BCUT2D eigenvalue weighted by atomic mass is 9.84. The minimum Gasteiger partial charge on any atom is -0.352 e. The second kappa shape index (κ2) is 8.14. The van der Waals surface area contributed by atoms with Crippen LogP contribution in [0.15, 0.2) is 18.2 Å². The Balaban J connectivity index is 1.77. The molecule has 0 unspecified atom stereocenters. The molecular formula is C19H28N2O2. The molecule has 0 aromatic heterocycles. The Hall–Kier alpha value is -1.84. The van der Waals surface area contributed by atoms with Crippen molar-refractivity contribution in [2.24, 2.45) is 5.92 Å². The maximum absolute atomic E-state index is 12.1. The molecule has 2 rings (SSSR count). The molecule has 1 aliphatic rings. The minimum absolute atomic E-state index is 0.0412. The number of aryl methyl sites for hydroxylation is 2. The van der Waals surface area contributed by atoms with Crippen LogP contribution in [0.4, 0.5) is 0 Å². The smallest absolute Gasteiger partial charge is 0.251 e. The first-order valence-corrected chi connectivity index (χ1v) is 8.63. The number of amides is 2. The SMILES string of the molecule is CCC1CCC(NC(=O)CNC(=O)c2cc(C)cc(C)c2)CC1. The van der Waals surface area contributed by atoms with Gasteiger partial charge in [-0.2, -0.15) is 0 Å². The summed E-state index contributed by atoms with van der Waals surface area (Å²) in [6.45, 7) is 6.19. The van der Waals surface area contributed by atoms with Crippen LogP contribution >= 0.6 is 0 Å². The first kappa shape index (κ1) is 17.5. The topological polar surface area (TPSA) is 58.2 Å². The molecule has 1 aromatic rings. The van der Waals surface area contributed by atoms with Crippen molar-refractivity contribution >= 4 is 11.8 Å². The average Bonchev–Trinajstić information content (AvgIpc) is 2.52. The third-order valence-electron chi connectivity index (χ3n) is 4.68. The first-order chi connectivity index (χ1) is 11.0. The fourth-order valence-corrected chi connectivity index (χ4v) is 3.36. The van der Waals surface area contributed by atoms with Gasteiger partial charge in [0.25, 0.3) is 5.91 Å². The summed E-state index contributed by atoms with van der Waals surface area (Å²) in [5, 5.41) is 5.75. The Kier molecular flexibility index (Phi) is 6.20. The predicted molar refractivity (Wildman–Crippen MR) is 92.4 cm³/mol. The Labute approximate surface area is 139 Å². The number of nitrogens with one attached hydrogen (secondary N) is 2. The summed E-state index contributed by atoms with van der Waals surface area (Å²) in [5.74, 6) is 0.525. The summed E-state index contributed by atoms with van der Waals surface area (Å²) in [6.07, 6.45) is 5.71. The van der Waals surface area contributed by atoms with E-state index in [0.29, 0.717) is 5.56 Å². The molecule has 23 heavy (non-hydrogen) atoms. The highest BCUT2D eigenvalue weighted by atomic mass is 16.2.